The number of benzene rings is 8. The van der Waals surface area contributed by atoms with Gasteiger partial charge in [-0.1, -0.05) is 206 Å². The van der Waals surface area contributed by atoms with Crippen molar-refractivity contribution in [2.75, 3.05) is 0 Å². The lowest BCUT2D eigenvalue weighted by molar-refractivity contribution is 0.770. The second kappa shape index (κ2) is 13.6. The first-order chi connectivity index (χ1) is 27.3. The Bertz CT molecular complexity index is 2760. The van der Waals surface area contributed by atoms with Crippen molar-refractivity contribution in [3.8, 4) is 67.5 Å². The number of nitrogens with zero attached hydrogens (tertiary/aromatic N) is 3. The minimum Gasteiger partial charge on any atom is -0.208 e. The van der Waals surface area contributed by atoms with E-state index in [1.54, 1.807) is 0 Å². The lowest BCUT2D eigenvalue weighted by atomic mass is 9.66. The molecule has 0 unspecified atom stereocenters. The third-order valence-electron chi connectivity index (χ3n) is 10.8. The molecule has 0 fully saturated rings. The molecule has 0 aliphatic heterocycles. The summed E-state index contributed by atoms with van der Waals surface area (Å²) in [6.45, 7) is 0. The average molecular weight is 702 g/mol. The molecule has 1 aromatic heterocycles. The lowest BCUT2D eigenvalue weighted by Gasteiger charge is -2.35. The Morgan fingerprint density at radius 3 is 1.38 bits per heavy atom. The lowest BCUT2D eigenvalue weighted by Crippen LogP contribution is -2.29. The van der Waals surface area contributed by atoms with Crippen LogP contribution in [0.2, 0.25) is 0 Å². The van der Waals surface area contributed by atoms with E-state index in [2.05, 4.69) is 182 Å². The van der Waals surface area contributed by atoms with Crippen molar-refractivity contribution in [1.82, 2.24) is 15.0 Å². The van der Waals surface area contributed by atoms with E-state index in [4.69, 9.17) is 15.0 Å². The Kier molecular flexibility index (Phi) is 8.04. The van der Waals surface area contributed by atoms with Crippen molar-refractivity contribution in [1.29, 1.82) is 0 Å². The summed E-state index contributed by atoms with van der Waals surface area (Å²) in [5, 5.41) is 0. The molecule has 8 aromatic carbocycles. The molecule has 0 spiro atoms. The summed E-state index contributed by atoms with van der Waals surface area (Å²) in [5.41, 5.74) is 14.3. The van der Waals surface area contributed by atoms with Crippen LogP contribution in [0.1, 0.15) is 22.3 Å². The van der Waals surface area contributed by atoms with Gasteiger partial charge in [0.2, 0.25) is 0 Å². The van der Waals surface area contributed by atoms with E-state index in [0.717, 1.165) is 33.4 Å². The second-order valence-electron chi connectivity index (χ2n) is 13.9. The zero-order chi connectivity index (χ0) is 36.6. The van der Waals surface area contributed by atoms with Gasteiger partial charge in [0, 0.05) is 16.7 Å². The average Bonchev–Trinajstić information content (AvgIpc) is 3.59. The number of rotatable bonds is 7. The molecule has 3 heteroatoms. The van der Waals surface area contributed by atoms with E-state index in [0.29, 0.717) is 17.5 Å². The van der Waals surface area contributed by atoms with Gasteiger partial charge in [0.15, 0.2) is 17.5 Å². The first-order valence-electron chi connectivity index (χ1n) is 18.7. The standard InChI is InChI=1S/C52H35N3/c1-5-19-36(20-6-1)42-29-13-14-31-46(42)51-54-49(37-21-7-2-8-22-37)53-50(55-51)39-24-17-23-38(35-39)43-32-18-33-45-44-30-15-16-34-47(44)52(48(43)45,40-25-9-3-10-26-40)41-27-11-4-12-28-41/h1-35H. The summed E-state index contributed by atoms with van der Waals surface area (Å²) < 4.78 is 0. The fraction of sp³-hybridized carbons (Fsp3) is 0.0192. The molecular formula is C52H35N3. The van der Waals surface area contributed by atoms with Crippen LogP contribution in [0.3, 0.4) is 0 Å². The monoisotopic (exact) mass is 701 g/mol. The molecule has 0 amide bonds. The maximum Gasteiger partial charge on any atom is 0.164 e. The van der Waals surface area contributed by atoms with Gasteiger partial charge in [-0.05, 0) is 61.7 Å². The molecule has 1 aliphatic rings. The number of fused-ring (bicyclic) bond motifs is 3. The van der Waals surface area contributed by atoms with E-state index < -0.39 is 5.41 Å². The molecule has 0 atom stereocenters. The maximum absolute atomic E-state index is 5.23. The fourth-order valence-electron chi connectivity index (χ4n) is 8.46. The second-order valence-corrected chi connectivity index (χ2v) is 13.9. The SMILES string of the molecule is c1ccc(-c2nc(-c3cccc(-c4cccc5c4C(c4ccccc4)(c4ccccc4)c4ccccc4-5)c3)nc(-c3ccccc3-c3ccccc3)n2)cc1. The highest BCUT2D eigenvalue weighted by Gasteiger charge is 2.47. The van der Waals surface area contributed by atoms with Crippen LogP contribution in [0.25, 0.3) is 67.5 Å². The predicted molar refractivity (Wildman–Crippen MR) is 224 cm³/mol. The molecular weight excluding hydrogens is 667 g/mol. The molecule has 1 heterocycles. The van der Waals surface area contributed by atoms with Gasteiger partial charge in [-0.2, -0.15) is 0 Å². The Morgan fingerprint density at radius 1 is 0.273 bits per heavy atom. The summed E-state index contributed by atoms with van der Waals surface area (Å²) >= 11 is 0. The Balaban J connectivity index is 1.19. The van der Waals surface area contributed by atoms with Crippen molar-refractivity contribution >= 4 is 0 Å². The van der Waals surface area contributed by atoms with Gasteiger partial charge in [0.25, 0.3) is 0 Å². The van der Waals surface area contributed by atoms with Crippen molar-refractivity contribution in [3.05, 3.63) is 235 Å². The van der Waals surface area contributed by atoms with Gasteiger partial charge in [0.1, 0.15) is 0 Å². The normalized spacial score (nSPS) is 12.5. The highest BCUT2D eigenvalue weighted by molar-refractivity contribution is 5.93. The van der Waals surface area contributed by atoms with Gasteiger partial charge < -0.3 is 0 Å². The Morgan fingerprint density at radius 2 is 0.709 bits per heavy atom. The molecule has 0 N–H and O–H groups in total. The fourth-order valence-corrected chi connectivity index (χ4v) is 8.46. The van der Waals surface area contributed by atoms with Crippen LogP contribution in [0.5, 0.6) is 0 Å². The van der Waals surface area contributed by atoms with E-state index in [-0.39, 0.29) is 0 Å². The van der Waals surface area contributed by atoms with Gasteiger partial charge in [-0.3, -0.25) is 0 Å². The van der Waals surface area contributed by atoms with Crippen molar-refractivity contribution in [2.24, 2.45) is 0 Å². The summed E-state index contributed by atoms with van der Waals surface area (Å²) in [6, 6.07) is 75.2. The maximum atomic E-state index is 5.23. The quantitative estimate of drug-likeness (QED) is 0.166. The van der Waals surface area contributed by atoms with Gasteiger partial charge in [-0.25, -0.2) is 15.0 Å². The topological polar surface area (TPSA) is 38.7 Å². The minimum atomic E-state index is -0.525. The van der Waals surface area contributed by atoms with E-state index in [1.165, 1.54) is 38.9 Å². The van der Waals surface area contributed by atoms with Crippen LogP contribution in [0.4, 0.5) is 0 Å². The van der Waals surface area contributed by atoms with Crippen LogP contribution < -0.4 is 0 Å². The molecule has 1 aliphatic carbocycles. The number of aromatic nitrogens is 3. The molecule has 0 radical (unpaired) electrons. The van der Waals surface area contributed by atoms with Crippen molar-refractivity contribution in [3.63, 3.8) is 0 Å². The number of hydrogen-bond acceptors (Lipinski definition) is 3. The molecule has 258 valence electrons. The molecule has 0 bridgehead atoms. The third-order valence-corrected chi connectivity index (χ3v) is 10.8. The van der Waals surface area contributed by atoms with Crippen LogP contribution >= 0.6 is 0 Å². The molecule has 55 heavy (non-hydrogen) atoms. The van der Waals surface area contributed by atoms with Crippen LogP contribution in [0.15, 0.2) is 212 Å². The van der Waals surface area contributed by atoms with Crippen molar-refractivity contribution < 1.29 is 0 Å². The van der Waals surface area contributed by atoms with Crippen LogP contribution in [-0.4, -0.2) is 15.0 Å². The predicted octanol–water partition coefficient (Wildman–Crippen LogP) is 12.6. The van der Waals surface area contributed by atoms with Crippen LogP contribution in [-0.2, 0) is 5.41 Å². The van der Waals surface area contributed by atoms with E-state index >= 15 is 0 Å². The minimum absolute atomic E-state index is 0.525. The highest BCUT2D eigenvalue weighted by Crippen LogP contribution is 2.58. The van der Waals surface area contributed by atoms with Crippen LogP contribution in [0, 0.1) is 0 Å². The van der Waals surface area contributed by atoms with Gasteiger partial charge in [-0.15, -0.1) is 0 Å². The van der Waals surface area contributed by atoms with Crippen molar-refractivity contribution in [2.45, 2.75) is 5.41 Å². The molecule has 3 nitrogen and oxygen atoms in total. The molecule has 0 saturated heterocycles. The number of hydrogen-bond donors (Lipinski definition) is 0. The summed E-state index contributed by atoms with van der Waals surface area (Å²) in [7, 11) is 0. The largest absolute Gasteiger partial charge is 0.208 e. The highest BCUT2D eigenvalue weighted by atomic mass is 15.0. The first-order valence-corrected chi connectivity index (χ1v) is 18.7. The zero-order valence-corrected chi connectivity index (χ0v) is 30.0. The Labute approximate surface area is 321 Å². The zero-order valence-electron chi connectivity index (χ0n) is 30.0. The summed E-state index contributed by atoms with van der Waals surface area (Å²) in [6.07, 6.45) is 0. The Hall–Kier alpha value is -7.23. The van der Waals surface area contributed by atoms with Gasteiger partial charge in [0.05, 0.1) is 5.41 Å². The molecule has 10 rings (SSSR count). The molecule has 0 saturated carbocycles. The first kappa shape index (κ1) is 32.4. The third kappa shape index (κ3) is 5.48. The summed E-state index contributed by atoms with van der Waals surface area (Å²) in [4.78, 5) is 15.5. The van der Waals surface area contributed by atoms with Gasteiger partial charge >= 0.3 is 0 Å². The molecule has 9 aromatic rings. The summed E-state index contributed by atoms with van der Waals surface area (Å²) in [5.74, 6) is 1.90. The smallest absolute Gasteiger partial charge is 0.164 e. The van der Waals surface area contributed by atoms with E-state index in [9.17, 15) is 0 Å². The van der Waals surface area contributed by atoms with E-state index in [1.807, 2.05) is 30.3 Å².